The second-order valence-corrected chi connectivity index (χ2v) is 5.38. The second kappa shape index (κ2) is 3.87. The highest BCUT2D eigenvalue weighted by Gasteiger charge is 2.17. The van der Waals surface area contributed by atoms with Crippen LogP contribution in [0.2, 0.25) is 0 Å². The van der Waals surface area contributed by atoms with Gasteiger partial charge in [-0.15, -0.1) is 11.3 Å². The first-order valence-electron chi connectivity index (χ1n) is 5.54. The molecule has 2 aromatic rings. The molecule has 0 N–H and O–H groups in total. The molecular weight excluding hydrogens is 214 g/mol. The average molecular weight is 227 g/mol. The molecule has 0 bridgehead atoms. The van der Waals surface area contributed by atoms with Crippen molar-refractivity contribution < 1.29 is 0 Å². The summed E-state index contributed by atoms with van der Waals surface area (Å²) in [5, 5.41) is 0. The summed E-state index contributed by atoms with van der Waals surface area (Å²) in [6.45, 7) is 3.10. The van der Waals surface area contributed by atoms with E-state index in [9.17, 15) is 0 Å². The smallest absolute Gasteiger partial charge is 0.0730 e. The number of benzene rings is 1. The Balaban J connectivity index is 2.12. The number of rotatable bonds is 1. The molecule has 0 radical (unpaired) electrons. The van der Waals surface area contributed by atoms with Crippen molar-refractivity contribution >= 4 is 17.0 Å². The third kappa shape index (κ3) is 1.59. The zero-order chi connectivity index (χ0) is 11.0. The zero-order valence-corrected chi connectivity index (χ0v) is 10.1. The lowest BCUT2D eigenvalue weighted by atomic mass is 9.99. The van der Waals surface area contributed by atoms with Crippen molar-refractivity contribution in [3.05, 3.63) is 57.3 Å². The van der Waals surface area contributed by atoms with Crippen LogP contribution in [-0.4, -0.2) is 12.3 Å². The molecule has 0 spiro atoms. The van der Waals surface area contributed by atoms with E-state index in [2.05, 4.69) is 42.2 Å². The summed E-state index contributed by atoms with van der Waals surface area (Å²) < 4.78 is 0. The zero-order valence-electron chi connectivity index (χ0n) is 9.23. The van der Waals surface area contributed by atoms with Crippen molar-refractivity contribution in [3.63, 3.8) is 0 Å². The van der Waals surface area contributed by atoms with E-state index >= 15 is 0 Å². The lowest BCUT2D eigenvalue weighted by Crippen LogP contribution is -2.11. The lowest BCUT2D eigenvalue weighted by Gasteiger charge is -2.12. The van der Waals surface area contributed by atoms with E-state index in [0.717, 1.165) is 13.0 Å². The highest BCUT2D eigenvalue weighted by molar-refractivity contribution is 7.12. The Kier molecular flexibility index (Phi) is 2.37. The normalized spacial score (nSPS) is 14.4. The van der Waals surface area contributed by atoms with E-state index in [4.69, 9.17) is 0 Å². The number of hydrogen-bond donors (Lipinski definition) is 0. The minimum absolute atomic E-state index is 0.928. The van der Waals surface area contributed by atoms with Crippen LogP contribution in [0.5, 0.6) is 0 Å². The van der Waals surface area contributed by atoms with Crippen LogP contribution in [0.4, 0.5) is 0 Å². The van der Waals surface area contributed by atoms with Gasteiger partial charge in [-0.05, 0) is 13.0 Å². The molecule has 2 heteroatoms. The SMILES string of the molecule is Cc1cc2c(s1)CCN=C2c1ccccc1. The van der Waals surface area contributed by atoms with Crippen LogP contribution in [0.1, 0.15) is 20.9 Å². The van der Waals surface area contributed by atoms with Gasteiger partial charge in [0.2, 0.25) is 0 Å². The Morgan fingerprint density at radius 1 is 1.19 bits per heavy atom. The van der Waals surface area contributed by atoms with Gasteiger partial charge in [-0.1, -0.05) is 30.3 Å². The molecule has 0 fully saturated rings. The van der Waals surface area contributed by atoms with E-state index < -0.39 is 0 Å². The summed E-state index contributed by atoms with van der Waals surface area (Å²) in [7, 11) is 0. The monoisotopic (exact) mass is 227 g/mol. The van der Waals surface area contributed by atoms with Crippen molar-refractivity contribution in [1.29, 1.82) is 0 Å². The molecule has 16 heavy (non-hydrogen) atoms. The molecule has 3 rings (SSSR count). The number of nitrogens with zero attached hydrogens (tertiary/aromatic N) is 1. The van der Waals surface area contributed by atoms with Gasteiger partial charge in [0.15, 0.2) is 0 Å². The molecule has 80 valence electrons. The van der Waals surface area contributed by atoms with Crippen molar-refractivity contribution in [2.45, 2.75) is 13.3 Å². The number of aliphatic imine (C=N–C) groups is 1. The van der Waals surface area contributed by atoms with Gasteiger partial charge >= 0.3 is 0 Å². The number of aryl methyl sites for hydroxylation is 1. The Bertz CT molecular complexity index is 537. The van der Waals surface area contributed by atoms with Crippen molar-refractivity contribution in [2.75, 3.05) is 6.54 Å². The molecule has 1 aliphatic rings. The van der Waals surface area contributed by atoms with Crippen LogP contribution >= 0.6 is 11.3 Å². The number of hydrogen-bond acceptors (Lipinski definition) is 2. The topological polar surface area (TPSA) is 12.4 Å². The van der Waals surface area contributed by atoms with Gasteiger partial charge in [0.1, 0.15) is 0 Å². The van der Waals surface area contributed by atoms with E-state index in [-0.39, 0.29) is 0 Å². The van der Waals surface area contributed by atoms with Crippen LogP contribution in [0.15, 0.2) is 41.4 Å². The van der Waals surface area contributed by atoms with Crippen LogP contribution in [0.25, 0.3) is 0 Å². The quantitative estimate of drug-likeness (QED) is 0.707. The first-order valence-corrected chi connectivity index (χ1v) is 6.36. The predicted molar refractivity (Wildman–Crippen MR) is 69.7 cm³/mol. The van der Waals surface area contributed by atoms with Gasteiger partial charge in [-0.3, -0.25) is 4.99 Å². The fourth-order valence-corrected chi connectivity index (χ4v) is 3.17. The van der Waals surface area contributed by atoms with E-state index in [1.807, 2.05) is 17.4 Å². The molecule has 0 saturated carbocycles. The van der Waals surface area contributed by atoms with E-state index in [1.165, 1.54) is 26.6 Å². The maximum atomic E-state index is 4.68. The minimum Gasteiger partial charge on any atom is -0.284 e. The molecular formula is C14H13NS. The van der Waals surface area contributed by atoms with Gasteiger partial charge in [-0.25, -0.2) is 0 Å². The number of thiophene rings is 1. The Hall–Kier alpha value is -1.41. The Morgan fingerprint density at radius 2 is 2.00 bits per heavy atom. The van der Waals surface area contributed by atoms with Gasteiger partial charge in [0.05, 0.1) is 5.71 Å². The van der Waals surface area contributed by atoms with Crippen LogP contribution < -0.4 is 0 Å². The second-order valence-electron chi connectivity index (χ2n) is 4.04. The Morgan fingerprint density at radius 3 is 2.81 bits per heavy atom. The third-order valence-electron chi connectivity index (χ3n) is 2.84. The van der Waals surface area contributed by atoms with Gasteiger partial charge in [0, 0.05) is 33.8 Å². The summed E-state index contributed by atoms with van der Waals surface area (Å²) in [5.41, 5.74) is 3.76. The Labute approximate surface area is 99.5 Å². The summed E-state index contributed by atoms with van der Waals surface area (Å²) >= 11 is 1.91. The molecule has 0 unspecified atom stereocenters. The molecule has 1 nitrogen and oxygen atoms in total. The van der Waals surface area contributed by atoms with Crippen LogP contribution in [-0.2, 0) is 6.42 Å². The largest absolute Gasteiger partial charge is 0.284 e. The molecule has 2 heterocycles. The van der Waals surface area contributed by atoms with E-state index in [0.29, 0.717) is 0 Å². The van der Waals surface area contributed by atoms with E-state index in [1.54, 1.807) is 0 Å². The van der Waals surface area contributed by atoms with Gasteiger partial charge in [-0.2, -0.15) is 0 Å². The molecule has 1 aromatic heterocycles. The molecule has 0 atom stereocenters. The molecule has 0 amide bonds. The highest BCUT2D eigenvalue weighted by Crippen LogP contribution is 2.28. The summed E-state index contributed by atoms with van der Waals surface area (Å²) in [4.78, 5) is 7.55. The maximum absolute atomic E-state index is 4.68. The summed E-state index contributed by atoms with van der Waals surface area (Å²) in [6, 6.07) is 12.7. The summed E-state index contributed by atoms with van der Waals surface area (Å²) in [5.74, 6) is 0. The van der Waals surface area contributed by atoms with Crippen molar-refractivity contribution in [3.8, 4) is 0 Å². The highest BCUT2D eigenvalue weighted by atomic mass is 32.1. The number of fused-ring (bicyclic) bond motifs is 1. The van der Waals surface area contributed by atoms with Crippen molar-refractivity contribution in [2.24, 2.45) is 4.99 Å². The van der Waals surface area contributed by atoms with Crippen LogP contribution in [0, 0.1) is 6.92 Å². The van der Waals surface area contributed by atoms with Gasteiger partial charge < -0.3 is 0 Å². The first kappa shape index (κ1) is 9.79. The van der Waals surface area contributed by atoms with Gasteiger partial charge in [0.25, 0.3) is 0 Å². The fraction of sp³-hybridized carbons (Fsp3) is 0.214. The van der Waals surface area contributed by atoms with Crippen molar-refractivity contribution in [1.82, 2.24) is 0 Å². The summed E-state index contributed by atoms with van der Waals surface area (Å²) in [6.07, 6.45) is 1.10. The minimum atomic E-state index is 0.928. The maximum Gasteiger partial charge on any atom is 0.0730 e. The molecule has 1 aliphatic heterocycles. The van der Waals surface area contributed by atoms with Crippen LogP contribution in [0.3, 0.4) is 0 Å². The molecule has 0 aliphatic carbocycles. The third-order valence-corrected chi connectivity index (χ3v) is 3.95. The molecule has 0 saturated heterocycles. The predicted octanol–water partition coefficient (Wildman–Crippen LogP) is 3.45. The molecule has 1 aromatic carbocycles. The lowest BCUT2D eigenvalue weighted by molar-refractivity contribution is 0.965. The standard InChI is InChI=1S/C14H13NS/c1-10-9-12-13(16-10)7-8-15-14(12)11-5-3-2-4-6-11/h2-6,9H,7-8H2,1H3. The average Bonchev–Trinajstić information content (AvgIpc) is 2.70. The fourth-order valence-electron chi connectivity index (χ4n) is 2.15. The first-order chi connectivity index (χ1) is 7.84.